The van der Waals surface area contributed by atoms with Crippen LogP contribution in [-0.4, -0.2) is 54.8 Å². The number of hydrogen-bond acceptors (Lipinski definition) is 3. The van der Waals surface area contributed by atoms with Gasteiger partial charge in [0.1, 0.15) is 0 Å². The lowest BCUT2D eigenvalue weighted by atomic mass is 10.2. The predicted molar refractivity (Wildman–Crippen MR) is 75.1 cm³/mol. The first-order valence-electron chi connectivity index (χ1n) is 6.87. The minimum absolute atomic E-state index is 0.0523. The molecule has 1 N–H and O–H groups in total. The first-order valence-corrected chi connectivity index (χ1v) is 8.16. The average Bonchev–Trinajstić information content (AvgIpc) is 3.05. The average molecular weight is 272 g/mol. The summed E-state index contributed by atoms with van der Waals surface area (Å²) in [4.78, 5) is 14.0. The Morgan fingerprint density at radius 2 is 2.22 bits per heavy atom. The molecule has 0 aromatic rings. The van der Waals surface area contributed by atoms with Gasteiger partial charge < -0.3 is 15.0 Å². The molecule has 104 valence electrons. The molecule has 1 saturated carbocycles. The molecule has 0 aromatic carbocycles. The van der Waals surface area contributed by atoms with Crippen LogP contribution in [0, 0.1) is 0 Å². The van der Waals surface area contributed by atoms with E-state index in [1.807, 2.05) is 23.7 Å². The monoisotopic (exact) mass is 272 g/mol. The summed E-state index contributed by atoms with van der Waals surface area (Å²) >= 11 is 1.88. The summed E-state index contributed by atoms with van der Waals surface area (Å²) in [7, 11) is 1.92. The maximum absolute atomic E-state index is 12.1. The minimum Gasteiger partial charge on any atom is -0.376 e. The number of nitrogens with one attached hydrogen (secondary N) is 1. The molecule has 2 fully saturated rings. The van der Waals surface area contributed by atoms with Crippen molar-refractivity contribution in [1.29, 1.82) is 0 Å². The van der Waals surface area contributed by atoms with Gasteiger partial charge in [0.15, 0.2) is 0 Å². The molecule has 2 amide bonds. The van der Waals surface area contributed by atoms with Crippen LogP contribution in [0.15, 0.2) is 0 Å². The van der Waals surface area contributed by atoms with Gasteiger partial charge in [-0.1, -0.05) is 6.42 Å². The van der Waals surface area contributed by atoms with E-state index in [4.69, 9.17) is 4.74 Å². The summed E-state index contributed by atoms with van der Waals surface area (Å²) in [5, 5.41) is 3.60. The van der Waals surface area contributed by atoms with Gasteiger partial charge in [-0.2, -0.15) is 11.8 Å². The van der Waals surface area contributed by atoms with Gasteiger partial charge in [-0.05, 0) is 31.9 Å². The van der Waals surface area contributed by atoms with Gasteiger partial charge in [-0.25, -0.2) is 4.79 Å². The van der Waals surface area contributed by atoms with Crippen LogP contribution in [0.25, 0.3) is 0 Å². The largest absolute Gasteiger partial charge is 0.376 e. The Morgan fingerprint density at radius 1 is 1.39 bits per heavy atom. The second-order valence-corrected chi connectivity index (χ2v) is 6.28. The van der Waals surface area contributed by atoms with Crippen LogP contribution in [0.4, 0.5) is 4.79 Å². The number of ether oxygens (including phenoxy) is 1. The minimum atomic E-state index is 0.0523. The highest BCUT2D eigenvalue weighted by Gasteiger charge is 2.32. The maximum Gasteiger partial charge on any atom is 0.317 e. The van der Waals surface area contributed by atoms with Crippen molar-refractivity contribution in [3.63, 3.8) is 0 Å². The molecular formula is C13H24N2O2S. The third-order valence-electron chi connectivity index (χ3n) is 4.04. The quantitative estimate of drug-likeness (QED) is 0.852. The molecule has 2 aliphatic rings. The lowest BCUT2D eigenvalue weighted by molar-refractivity contribution is 0.108. The first kappa shape index (κ1) is 14.0. The Labute approximate surface area is 114 Å². The van der Waals surface area contributed by atoms with Gasteiger partial charge in [-0.3, -0.25) is 0 Å². The number of nitrogens with zero attached hydrogens (tertiary/aromatic N) is 1. The molecule has 0 radical (unpaired) electrons. The summed E-state index contributed by atoms with van der Waals surface area (Å²) in [5.74, 6) is 0. The summed E-state index contributed by atoms with van der Waals surface area (Å²) in [6, 6.07) is 0.445. The van der Waals surface area contributed by atoms with E-state index in [-0.39, 0.29) is 12.1 Å². The first-order chi connectivity index (χ1) is 8.72. The summed E-state index contributed by atoms with van der Waals surface area (Å²) in [6.45, 7) is 1.49. The number of carbonyl (C=O) groups excluding carboxylic acids is 1. The Hall–Kier alpha value is -0.420. The van der Waals surface area contributed by atoms with E-state index in [9.17, 15) is 4.79 Å². The molecule has 1 aliphatic carbocycles. The molecule has 1 saturated heterocycles. The van der Waals surface area contributed by atoms with Crippen LogP contribution >= 0.6 is 11.8 Å². The molecule has 2 rings (SSSR count). The summed E-state index contributed by atoms with van der Waals surface area (Å²) in [5.41, 5.74) is 0. The van der Waals surface area contributed by atoms with Gasteiger partial charge >= 0.3 is 6.03 Å². The number of rotatable bonds is 4. The van der Waals surface area contributed by atoms with E-state index in [1.165, 1.54) is 12.8 Å². The fraction of sp³-hybridized carbons (Fsp3) is 0.923. The molecule has 0 unspecified atom stereocenters. The smallest absolute Gasteiger partial charge is 0.317 e. The van der Waals surface area contributed by atoms with Crippen LogP contribution in [0.5, 0.6) is 0 Å². The topological polar surface area (TPSA) is 41.6 Å². The standard InChI is InChI=1S/C13H24N2O2S/c1-15(11-6-3-7-12(11)18-2)13(16)14-9-10-5-4-8-17-10/h10-12H,3-9H2,1-2H3,(H,14,16)/t10-,11-,12+/m0/s1. The SMILES string of the molecule is CS[C@@H]1CCC[C@@H]1N(C)C(=O)NC[C@@H]1CCCO1. The van der Waals surface area contributed by atoms with E-state index >= 15 is 0 Å². The van der Waals surface area contributed by atoms with Gasteiger partial charge in [-0.15, -0.1) is 0 Å². The van der Waals surface area contributed by atoms with Crippen molar-refractivity contribution in [2.75, 3.05) is 26.5 Å². The van der Waals surface area contributed by atoms with Crippen LogP contribution < -0.4 is 5.32 Å². The Bertz CT molecular complexity index is 282. The number of hydrogen-bond donors (Lipinski definition) is 1. The van der Waals surface area contributed by atoms with Crippen molar-refractivity contribution in [3.05, 3.63) is 0 Å². The molecule has 3 atom stereocenters. The van der Waals surface area contributed by atoms with E-state index in [0.29, 0.717) is 17.8 Å². The highest BCUT2D eigenvalue weighted by molar-refractivity contribution is 7.99. The molecule has 1 aliphatic heterocycles. The van der Waals surface area contributed by atoms with Crippen LogP contribution in [-0.2, 0) is 4.74 Å². The number of amides is 2. The number of thioether (sulfide) groups is 1. The van der Waals surface area contributed by atoms with Crippen molar-refractivity contribution >= 4 is 17.8 Å². The van der Waals surface area contributed by atoms with Crippen molar-refractivity contribution < 1.29 is 9.53 Å². The van der Waals surface area contributed by atoms with E-state index in [0.717, 1.165) is 25.9 Å². The van der Waals surface area contributed by atoms with Crippen molar-refractivity contribution in [1.82, 2.24) is 10.2 Å². The van der Waals surface area contributed by atoms with E-state index < -0.39 is 0 Å². The highest BCUT2D eigenvalue weighted by Crippen LogP contribution is 2.31. The predicted octanol–water partition coefficient (Wildman–Crippen LogP) is 2.09. The fourth-order valence-corrected chi connectivity index (χ4v) is 3.94. The van der Waals surface area contributed by atoms with E-state index in [1.54, 1.807) is 0 Å². The van der Waals surface area contributed by atoms with Gasteiger partial charge in [0, 0.05) is 31.5 Å². The molecule has 1 heterocycles. The van der Waals surface area contributed by atoms with Gasteiger partial charge in [0.05, 0.1) is 6.10 Å². The number of carbonyl (C=O) groups is 1. The van der Waals surface area contributed by atoms with Crippen molar-refractivity contribution in [3.8, 4) is 0 Å². The molecule has 0 aromatic heterocycles. The van der Waals surface area contributed by atoms with Crippen LogP contribution in [0.1, 0.15) is 32.1 Å². The third kappa shape index (κ3) is 3.32. The fourth-order valence-electron chi connectivity index (χ4n) is 2.91. The van der Waals surface area contributed by atoms with E-state index in [2.05, 4.69) is 11.6 Å². The zero-order valence-electron chi connectivity index (χ0n) is 11.4. The second-order valence-electron chi connectivity index (χ2n) is 5.20. The molecule has 0 spiro atoms. The normalized spacial score (nSPS) is 31.6. The summed E-state index contributed by atoms with van der Waals surface area (Å²) < 4.78 is 5.51. The van der Waals surface area contributed by atoms with Gasteiger partial charge in [0.2, 0.25) is 0 Å². The van der Waals surface area contributed by atoms with Crippen molar-refractivity contribution in [2.45, 2.75) is 49.5 Å². The molecular weight excluding hydrogens is 248 g/mol. The maximum atomic E-state index is 12.1. The molecule has 18 heavy (non-hydrogen) atoms. The van der Waals surface area contributed by atoms with Crippen molar-refractivity contribution in [2.24, 2.45) is 0 Å². The lowest BCUT2D eigenvalue weighted by Gasteiger charge is -2.29. The molecule has 0 bridgehead atoms. The Kier molecular flexibility index (Phi) is 5.18. The zero-order chi connectivity index (χ0) is 13.0. The zero-order valence-corrected chi connectivity index (χ0v) is 12.2. The summed E-state index contributed by atoms with van der Waals surface area (Å²) in [6.07, 6.45) is 8.15. The Balaban J connectivity index is 1.76. The lowest BCUT2D eigenvalue weighted by Crippen LogP contribution is -2.47. The highest BCUT2D eigenvalue weighted by atomic mass is 32.2. The van der Waals surface area contributed by atoms with Crippen LogP contribution in [0.3, 0.4) is 0 Å². The van der Waals surface area contributed by atoms with Gasteiger partial charge in [0.25, 0.3) is 0 Å². The molecule has 5 heteroatoms. The molecule has 4 nitrogen and oxygen atoms in total. The van der Waals surface area contributed by atoms with Crippen LogP contribution in [0.2, 0.25) is 0 Å². The second kappa shape index (κ2) is 6.66. The number of urea groups is 1. The third-order valence-corrected chi connectivity index (χ3v) is 5.20. The Morgan fingerprint density at radius 3 is 2.89 bits per heavy atom.